The summed E-state index contributed by atoms with van der Waals surface area (Å²) in [5, 5.41) is 2.44. The van der Waals surface area contributed by atoms with E-state index < -0.39 is 36.5 Å². The van der Waals surface area contributed by atoms with Crippen LogP contribution >= 0.6 is 0 Å². The summed E-state index contributed by atoms with van der Waals surface area (Å²) < 4.78 is 51.7. The summed E-state index contributed by atoms with van der Waals surface area (Å²) in [5.41, 5.74) is -1.10. The van der Waals surface area contributed by atoms with Gasteiger partial charge in [0.2, 0.25) is 0 Å². The highest BCUT2D eigenvalue weighted by molar-refractivity contribution is 5.93. The summed E-state index contributed by atoms with van der Waals surface area (Å²) in [5.74, 6) is -1.67. The number of carbonyl (C=O) groups is 2. The van der Waals surface area contributed by atoms with Crippen molar-refractivity contribution < 1.29 is 37.0 Å². The van der Waals surface area contributed by atoms with Crippen molar-refractivity contribution in [2.75, 3.05) is 11.9 Å². The van der Waals surface area contributed by atoms with Crippen LogP contribution in [0.1, 0.15) is 13.8 Å². The molecule has 6 nitrogen and oxygen atoms in total. The molecule has 0 saturated heterocycles. The molecule has 0 saturated carbocycles. The van der Waals surface area contributed by atoms with Gasteiger partial charge in [-0.25, -0.2) is 9.18 Å². The fourth-order valence-electron chi connectivity index (χ4n) is 2.06. The van der Waals surface area contributed by atoms with Crippen molar-refractivity contribution in [2.45, 2.75) is 26.1 Å². The number of halogens is 3. The predicted octanol–water partition coefficient (Wildman–Crippen LogP) is 3.77. The maximum Gasteiger partial charge on any atom is 0.387 e. The van der Waals surface area contributed by atoms with E-state index in [1.807, 2.05) is 0 Å². The molecule has 2 aromatic carbocycles. The molecule has 0 fully saturated rings. The quantitative estimate of drug-likeness (QED) is 0.687. The van der Waals surface area contributed by atoms with Gasteiger partial charge < -0.3 is 19.5 Å². The molecule has 0 unspecified atom stereocenters. The van der Waals surface area contributed by atoms with Crippen LogP contribution in [0.3, 0.4) is 0 Å². The molecule has 0 heterocycles. The Morgan fingerprint density at radius 1 is 1.00 bits per heavy atom. The Kier molecular flexibility index (Phi) is 6.86. The Balaban J connectivity index is 1.83. The van der Waals surface area contributed by atoms with Crippen LogP contribution in [0, 0.1) is 5.82 Å². The minimum atomic E-state index is -2.94. The van der Waals surface area contributed by atoms with Gasteiger partial charge in [0.25, 0.3) is 5.91 Å². The summed E-state index contributed by atoms with van der Waals surface area (Å²) >= 11 is 0. The number of anilines is 1. The van der Waals surface area contributed by atoms with Crippen LogP contribution in [0.5, 0.6) is 11.5 Å². The monoisotopic (exact) mass is 397 g/mol. The second-order valence-electron chi connectivity index (χ2n) is 6.09. The van der Waals surface area contributed by atoms with E-state index in [1.54, 1.807) is 0 Å². The van der Waals surface area contributed by atoms with Gasteiger partial charge in [0, 0.05) is 5.69 Å². The normalized spacial score (nSPS) is 11.1. The molecule has 0 atom stereocenters. The Morgan fingerprint density at radius 2 is 1.57 bits per heavy atom. The van der Waals surface area contributed by atoms with E-state index in [2.05, 4.69) is 10.1 Å². The number of amides is 1. The Hall–Kier alpha value is -3.23. The second kappa shape index (κ2) is 9.12. The molecule has 0 bridgehead atoms. The Bertz CT molecular complexity index is 807. The van der Waals surface area contributed by atoms with Crippen molar-refractivity contribution >= 4 is 17.6 Å². The Morgan fingerprint density at radius 3 is 2.14 bits per heavy atom. The van der Waals surface area contributed by atoms with E-state index in [4.69, 9.17) is 9.47 Å². The maximum atomic E-state index is 12.9. The number of alkyl halides is 2. The number of benzene rings is 2. The van der Waals surface area contributed by atoms with Crippen molar-refractivity contribution in [3.63, 3.8) is 0 Å². The third-order valence-electron chi connectivity index (χ3n) is 3.38. The van der Waals surface area contributed by atoms with Crippen LogP contribution < -0.4 is 14.8 Å². The van der Waals surface area contributed by atoms with Gasteiger partial charge in [0.05, 0.1) is 0 Å². The lowest BCUT2D eigenvalue weighted by Crippen LogP contribution is -2.41. The molecule has 0 aromatic heterocycles. The van der Waals surface area contributed by atoms with Gasteiger partial charge in [0.1, 0.15) is 17.3 Å². The molecule has 0 aliphatic rings. The van der Waals surface area contributed by atoms with Crippen molar-refractivity contribution in [1.29, 1.82) is 0 Å². The van der Waals surface area contributed by atoms with E-state index >= 15 is 0 Å². The number of hydrogen-bond donors (Lipinski definition) is 1. The van der Waals surface area contributed by atoms with Gasteiger partial charge in [-0.3, -0.25) is 4.79 Å². The summed E-state index contributed by atoms with van der Waals surface area (Å²) in [6.07, 6.45) is 0. The van der Waals surface area contributed by atoms with Crippen molar-refractivity contribution in [1.82, 2.24) is 0 Å². The van der Waals surface area contributed by atoms with E-state index in [1.165, 1.54) is 62.4 Å². The molecular weight excluding hydrogens is 379 g/mol. The minimum absolute atomic E-state index is 0.0564. The summed E-state index contributed by atoms with van der Waals surface area (Å²) in [6.45, 7) is -0.638. The van der Waals surface area contributed by atoms with Crippen LogP contribution in [0.15, 0.2) is 48.5 Å². The molecule has 9 heteroatoms. The molecule has 1 N–H and O–H groups in total. The van der Waals surface area contributed by atoms with Gasteiger partial charge in [-0.05, 0) is 62.4 Å². The number of carbonyl (C=O) groups excluding carboxylic acids is 2. The van der Waals surface area contributed by atoms with Crippen LogP contribution in [0.4, 0.5) is 18.9 Å². The van der Waals surface area contributed by atoms with Crippen molar-refractivity contribution in [3.8, 4) is 11.5 Å². The van der Waals surface area contributed by atoms with Gasteiger partial charge in [0.15, 0.2) is 12.2 Å². The number of nitrogens with one attached hydrogen (secondary N) is 1. The number of ether oxygens (including phenoxy) is 3. The predicted molar refractivity (Wildman–Crippen MR) is 93.8 cm³/mol. The van der Waals surface area contributed by atoms with Gasteiger partial charge in [-0.1, -0.05) is 0 Å². The molecule has 1 amide bonds. The first kappa shape index (κ1) is 21.1. The SMILES string of the molecule is CC(C)(Oc1ccc(F)cc1)C(=O)OCC(=O)Nc1ccc(OC(F)F)cc1. The third kappa shape index (κ3) is 6.49. The molecule has 2 rings (SSSR count). The van der Waals surface area contributed by atoms with Gasteiger partial charge in [-0.15, -0.1) is 0 Å². The van der Waals surface area contributed by atoms with Crippen LogP contribution in [-0.4, -0.2) is 30.7 Å². The summed E-state index contributed by atoms with van der Waals surface area (Å²) in [7, 11) is 0. The lowest BCUT2D eigenvalue weighted by Gasteiger charge is -2.24. The molecule has 2 aromatic rings. The second-order valence-corrected chi connectivity index (χ2v) is 6.09. The van der Waals surface area contributed by atoms with Crippen LogP contribution in [0.2, 0.25) is 0 Å². The van der Waals surface area contributed by atoms with E-state index in [0.29, 0.717) is 5.69 Å². The fourth-order valence-corrected chi connectivity index (χ4v) is 2.06. The first-order chi connectivity index (χ1) is 13.2. The smallest absolute Gasteiger partial charge is 0.387 e. The lowest BCUT2D eigenvalue weighted by molar-refractivity contribution is -0.161. The number of esters is 1. The summed E-state index contributed by atoms with van der Waals surface area (Å²) in [6, 6.07) is 10.3. The zero-order valence-electron chi connectivity index (χ0n) is 15.1. The minimum Gasteiger partial charge on any atom is -0.476 e. The molecule has 0 radical (unpaired) electrons. The largest absolute Gasteiger partial charge is 0.476 e. The average Bonchev–Trinajstić information content (AvgIpc) is 2.62. The first-order valence-electron chi connectivity index (χ1n) is 8.12. The molecule has 0 aliphatic heterocycles. The first-order valence-corrected chi connectivity index (χ1v) is 8.12. The molecule has 150 valence electrons. The van der Waals surface area contributed by atoms with Gasteiger partial charge in [-0.2, -0.15) is 8.78 Å². The highest BCUT2D eigenvalue weighted by atomic mass is 19.3. The van der Waals surface area contributed by atoms with Gasteiger partial charge >= 0.3 is 12.6 Å². The number of rotatable bonds is 8. The molecule has 0 aliphatic carbocycles. The maximum absolute atomic E-state index is 12.9. The topological polar surface area (TPSA) is 73.9 Å². The van der Waals surface area contributed by atoms with Crippen molar-refractivity contribution in [2.24, 2.45) is 0 Å². The molecule has 28 heavy (non-hydrogen) atoms. The highest BCUT2D eigenvalue weighted by Crippen LogP contribution is 2.20. The lowest BCUT2D eigenvalue weighted by atomic mass is 10.1. The van der Waals surface area contributed by atoms with E-state index in [9.17, 15) is 22.8 Å². The zero-order chi connectivity index (χ0) is 20.7. The third-order valence-corrected chi connectivity index (χ3v) is 3.38. The Labute approximate surface area is 159 Å². The van der Waals surface area contributed by atoms with E-state index in [0.717, 1.165) is 0 Å². The molecule has 0 spiro atoms. The number of hydrogen-bond acceptors (Lipinski definition) is 5. The fraction of sp³-hybridized carbons (Fsp3) is 0.263. The molecular formula is C19H18F3NO5. The summed E-state index contributed by atoms with van der Waals surface area (Å²) in [4.78, 5) is 24.0. The van der Waals surface area contributed by atoms with E-state index in [-0.39, 0.29) is 11.5 Å². The van der Waals surface area contributed by atoms with Crippen molar-refractivity contribution in [3.05, 3.63) is 54.3 Å². The average molecular weight is 397 g/mol. The highest BCUT2D eigenvalue weighted by Gasteiger charge is 2.32. The standard InChI is InChI=1S/C19H18F3NO5/c1-19(2,28-15-7-3-12(20)4-8-15)17(25)26-11-16(24)23-13-5-9-14(10-6-13)27-18(21)22/h3-10,18H,11H2,1-2H3,(H,23,24). The van der Waals surface area contributed by atoms with Crippen LogP contribution in [-0.2, 0) is 14.3 Å². The zero-order valence-corrected chi connectivity index (χ0v) is 15.1. The van der Waals surface area contributed by atoms with Crippen LogP contribution in [0.25, 0.3) is 0 Å².